The van der Waals surface area contributed by atoms with Gasteiger partial charge >= 0.3 is 0 Å². The predicted octanol–water partition coefficient (Wildman–Crippen LogP) is 2.53. The van der Waals surface area contributed by atoms with E-state index in [2.05, 4.69) is 17.5 Å². The molecule has 0 unspecified atom stereocenters. The Morgan fingerprint density at radius 1 is 1.30 bits per heavy atom. The van der Waals surface area contributed by atoms with Gasteiger partial charge in [-0.3, -0.25) is 4.79 Å². The second-order valence-electron chi connectivity index (χ2n) is 6.30. The van der Waals surface area contributed by atoms with Crippen LogP contribution in [0.5, 0.6) is 0 Å². The van der Waals surface area contributed by atoms with E-state index in [0.717, 1.165) is 25.7 Å². The number of carbonyl (C=O) groups excluding carboxylic acids is 1. The zero-order chi connectivity index (χ0) is 13.8. The average molecular weight is 279 g/mol. The molecule has 4 nitrogen and oxygen atoms in total. The summed E-state index contributed by atoms with van der Waals surface area (Å²) >= 11 is 0. The molecule has 2 atom stereocenters. The molecule has 112 valence electrons. The Hall–Kier alpha value is -0.870. The fourth-order valence-corrected chi connectivity index (χ4v) is 3.47. The highest BCUT2D eigenvalue weighted by atomic mass is 16.7. The summed E-state index contributed by atoms with van der Waals surface area (Å²) in [7, 11) is 0. The van der Waals surface area contributed by atoms with E-state index >= 15 is 0 Å². The van der Waals surface area contributed by atoms with Gasteiger partial charge < -0.3 is 14.8 Å². The lowest BCUT2D eigenvalue weighted by atomic mass is 9.94. The van der Waals surface area contributed by atoms with Crippen molar-refractivity contribution in [2.45, 2.75) is 63.3 Å². The van der Waals surface area contributed by atoms with Crippen LogP contribution in [0.2, 0.25) is 0 Å². The van der Waals surface area contributed by atoms with Crippen LogP contribution in [-0.2, 0) is 14.3 Å². The van der Waals surface area contributed by atoms with Gasteiger partial charge in [0.15, 0.2) is 5.79 Å². The number of hydrogen-bond donors (Lipinski definition) is 1. The standard InChI is InChI=1S/C16H25NO3/c18-15(10-13-6-2-3-7-13)17-11-14-12-19-16(20-14)8-4-1-5-9-16/h2,6,13-14H,1,3-5,7-12H2,(H,17,18)/t13-,14-/m0/s1. The van der Waals surface area contributed by atoms with Crippen LogP contribution < -0.4 is 5.32 Å². The number of ether oxygens (including phenoxy) is 2. The summed E-state index contributed by atoms with van der Waals surface area (Å²) in [5, 5.41) is 3.00. The fraction of sp³-hybridized carbons (Fsp3) is 0.812. The van der Waals surface area contributed by atoms with Crippen molar-refractivity contribution in [1.82, 2.24) is 5.32 Å². The van der Waals surface area contributed by atoms with E-state index in [-0.39, 0.29) is 17.8 Å². The number of rotatable bonds is 4. The van der Waals surface area contributed by atoms with E-state index < -0.39 is 0 Å². The summed E-state index contributed by atoms with van der Waals surface area (Å²) in [5.74, 6) is 0.233. The fourth-order valence-electron chi connectivity index (χ4n) is 3.47. The zero-order valence-electron chi connectivity index (χ0n) is 12.1. The van der Waals surface area contributed by atoms with Crippen molar-refractivity contribution in [3.05, 3.63) is 12.2 Å². The molecule has 1 heterocycles. The molecular formula is C16H25NO3. The molecule has 0 aromatic heterocycles. The minimum absolute atomic E-state index is 0.0242. The molecule has 1 N–H and O–H groups in total. The third-order valence-corrected chi connectivity index (χ3v) is 4.62. The highest BCUT2D eigenvalue weighted by Gasteiger charge is 2.42. The Bertz CT molecular complexity index is 374. The van der Waals surface area contributed by atoms with Crippen LogP contribution in [0.1, 0.15) is 51.4 Å². The zero-order valence-corrected chi connectivity index (χ0v) is 12.1. The van der Waals surface area contributed by atoms with Crippen LogP contribution >= 0.6 is 0 Å². The van der Waals surface area contributed by atoms with E-state index in [1.54, 1.807) is 0 Å². The molecule has 1 saturated heterocycles. The van der Waals surface area contributed by atoms with Crippen LogP contribution in [0.4, 0.5) is 0 Å². The Morgan fingerprint density at radius 2 is 2.15 bits per heavy atom. The van der Waals surface area contributed by atoms with Crippen LogP contribution in [0.25, 0.3) is 0 Å². The molecular weight excluding hydrogens is 254 g/mol. The van der Waals surface area contributed by atoms with Gasteiger partial charge in [-0.05, 0) is 31.6 Å². The van der Waals surface area contributed by atoms with E-state index in [1.165, 1.54) is 19.3 Å². The summed E-state index contributed by atoms with van der Waals surface area (Å²) in [5.41, 5.74) is 0. The molecule has 0 bridgehead atoms. The summed E-state index contributed by atoms with van der Waals surface area (Å²) in [6, 6.07) is 0. The van der Waals surface area contributed by atoms with Crippen molar-refractivity contribution in [2.75, 3.05) is 13.2 Å². The molecule has 2 aliphatic carbocycles. The normalized spacial score (nSPS) is 31.8. The molecule has 0 aromatic rings. The molecule has 3 aliphatic rings. The first-order chi connectivity index (χ1) is 9.76. The van der Waals surface area contributed by atoms with E-state index in [0.29, 0.717) is 25.5 Å². The maximum atomic E-state index is 11.9. The lowest BCUT2D eigenvalue weighted by Crippen LogP contribution is -2.37. The molecule has 1 amide bonds. The van der Waals surface area contributed by atoms with Gasteiger partial charge in [0.05, 0.1) is 6.61 Å². The average Bonchev–Trinajstić information content (AvgIpc) is 3.08. The highest BCUT2D eigenvalue weighted by molar-refractivity contribution is 5.76. The van der Waals surface area contributed by atoms with Gasteiger partial charge in [0, 0.05) is 25.8 Å². The van der Waals surface area contributed by atoms with Gasteiger partial charge in [0.2, 0.25) is 5.91 Å². The maximum absolute atomic E-state index is 11.9. The topological polar surface area (TPSA) is 47.6 Å². The molecule has 1 aliphatic heterocycles. The monoisotopic (exact) mass is 279 g/mol. The first-order valence-corrected chi connectivity index (χ1v) is 8.01. The van der Waals surface area contributed by atoms with Crippen molar-refractivity contribution in [1.29, 1.82) is 0 Å². The lowest BCUT2D eigenvalue weighted by molar-refractivity contribution is -0.186. The molecule has 0 aromatic carbocycles. The Kier molecular flexibility index (Phi) is 4.41. The molecule has 4 heteroatoms. The minimum Gasteiger partial charge on any atom is -0.353 e. The highest BCUT2D eigenvalue weighted by Crippen LogP contribution is 2.37. The van der Waals surface area contributed by atoms with Crippen LogP contribution in [0.3, 0.4) is 0 Å². The SMILES string of the molecule is O=C(C[C@H]1C=CCC1)NC[C@H]1COC2(CCCCC2)O1. The second kappa shape index (κ2) is 6.27. The van der Waals surface area contributed by atoms with Gasteiger partial charge in [-0.25, -0.2) is 0 Å². The van der Waals surface area contributed by atoms with Crippen molar-refractivity contribution in [3.63, 3.8) is 0 Å². The van der Waals surface area contributed by atoms with E-state index in [9.17, 15) is 4.79 Å². The van der Waals surface area contributed by atoms with Crippen LogP contribution in [0, 0.1) is 5.92 Å². The summed E-state index contributed by atoms with van der Waals surface area (Å²) in [6.45, 7) is 1.20. The number of amides is 1. The Labute approximate surface area is 120 Å². The number of allylic oxidation sites excluding steroid dienone is 2. The summed E-state index contributed by atoms with van der Waals surface area (Å²) < 4.78 is 11.9. The van der Waals surface area contributed by atoms with Crippen molar-refractivity contribution < 1.29 is 14.3 Å². The quantitative estimate of drug-likeness (QED) is 0.804. The van der Waals surface area contributed by atoms with E-state index in [1.807, 2.05) is 0 Å². The van der Waals surface area contributed by atoms with Crippen molar-refractivity contribution in [3.8, 4) is 0 Å². The lowest BCUT2D eigenvalue weighted by Gasteiger charge is -2.31. The number of carbonyl (C=O) groups is 1. The maximum Gasteiger partial charge on any atom is 0.220 e. The Morgan fingerprint density at radius 3 is 2.90 bits per heavy atom. The molecule has 1 spiro atoms. The predicted molar refractivity (Wildman–Crippen MR) is 76.1 cm³/mol. The molecule has 2 fully saturated rings. The van der Waals surface area contributed by atoms with Gasteiger partial charge in [0.1, 0.15) is 6.10 Å². The van der Waals surface area contributed by atoms with Crippen molar-refractivity contribution in [2.24, 2.45) is 5.92 Å². The molecule has 3 rings (SSSR count). The van der Waals surface area contributed by atoms with Gasteiger partial charge in [-0.2, -0.15) is 0 Å². The first-order valence-electron chi connectivity index (χ1n) is 8.01. The first kappa shape index (κ1) is 14.1. The van der Waals surface area contributed by atoms with Crippen molar-refractivity contribution >= 4 is 5.91 Å². The summed E-state index contributed by atoms with van der Waals surface area (Å²) in [4.78, 5) is 11.9. The molecule has 20 heavy (non-hydrogen) atoms. The van der Waals surface area contributed by atoms with Gasteiger partial charge in [-0.15, -0.1) is 0 Å². The molecule has 1 saturated carbocycles. The summed E-state index contributed by atoms with van der Waals surface area (Å²) in [6.07, 6.45) is 12.8. The molecule has 0 radical (unpaired) electrons. The third kappa shape index (κ3) is 3.41. The van der Waals surface area contributed by atoms with Crippen LogP contribution in [-0.4, -0.2) is 30.9 Å². The van der Waals surface area contributed by atoms with Gasteiger partial charge in [-0.1, -0.05) is 18.6 Å². The number of nitrogens with one attached hydrogen (secondary N) is 1. The van der Waals surface area contributed by atoms with E-state index in [4.69, 9.17) is 9.47 Å². The third-order valence-electron chi connectivity index (χ3n) is 4.62. The minimum atomic E-state index is -0.332. The number of hydrogen-bond acceptors (Lipinski definition) is 3. The smallest absolute Gasteiger partial charge is 0.220 e. The van der Waals surface area contributed by atoms with Crippen LogP contribution in [0.15, 0.2) is 12.2 Å². The Balaban J connectivity index is 1.38. The second-order valence-corrected chi connectivity index (χ2v) is 6.30. The van der Waals surface area contributed by atoms with Gasteiger partial charge in [0.25, 0.3) is 0 Å². The largest absolute Gasteiger partial charge is 0.353 e.